The molecule has 0 spiro atoms. The summed E-state index contributed by atoms with van der Waals surface area (Å²) in [5.74, 6) is -1.94. The molecule has 0 saturated carbocycles. The van der Waals surface area contributed by atoms with Crippen LogP contribution in [0.4, 0.5) is 0 Å². The maximum Gasteiger partial charge on any atom is 0.344 e. The van der Waals surface area contributed by atoms with Gasteiger partial charge in [-0.05, 0) is 36.4 Å². The highest BCUT2D eigenvalue weighted by molar-refractivity contribution is 7.90. The molecular formula is C24H18N2O6S. The van der Waals surface area contributed by atoms with Crippen molar-refractivity contribution in [2.45, 2.75) is 11.8 Å². The first-order valence-electron chi connectivity index (χ1n) is 9.98. The number of Topliss-reactive ketones (excluding diaryl/α,β-unsaturated/α-hetero) is 1. The number of ketones is 1. The molecule has 0 N–H and O–H groups in total. The third kappa shape index (κ3) is 4.18. The molecule has 0 saturated heterocycles. The van der Waals surface area contributed by atoms with Crippen LogP contribution in [0, 0.1) is 0 Å². The quantitative estimate of drug-likeness (QED) is 0.422. The molecule has 8 nitrogen and oxygen atoms in total. The molecule has 2 aromatic carbocycles. The summed E-state index contributed by atoms with van der Waals surface area (Å²) >= 11 is 0. The summed E-state index contributed by atoms with van der Waals surface area (Å²) in [6.07, 6.45) is 2.74. The molecule has 0 amide bonds. The van der Waals surface area contributed by atoms with Crippen molar-refractivity contribution in [3.05, 3.63) is 95.8 Å². The average Bonchev–Trinajstić information content (AvgIpc) is 2.83. The number of pyridine rings is 1. The van der Waals surface area contributed by atoms with Gasteiger partial charge in [-0.15, -0.1) is 4.40 Å². The van der Waals surface area contributed by atoms with Gasteiger partial charge in [0.25, 0.3) is 10.0 Å². The van der Waals surface area contributed by atoms with E-state index in [4.69, 9.17) is 4.74 Å². The zero-order valence-electron chi connectivity index (χ0n) is 17.5. The van der Waals surface area contributed by atoms with Gasteiger partial charge >= 0.3 is 5.97 Å². The normalized spacial score (nSPS) is 14.8. The number of esters is 1. The van der Waals surface area contributed by atoms with Crippen molar-refractivity contribution in [1.82, 2.24) is 0 Å². The number of allylic oxidation sites excluding steroid dienone is 1. The van der Waals surface area contributed by atoms with Crippen molar-refractivity contribution in [2.75, 3.05) is 6.61 Å². The minimum absolute atomic E-state index is 0.0513. The lowest BCUT2D eigenvalue weighted by molar-refractivity contribution is -0.578. The summed E-state index contributed by atoms with van der Waals surface area (Å²) in [7, 11) is -4.31. The molecule has 0 unspecified atom stereocenters. The third-order valence-corrected chi connectivity index (χ3v) is 6.18. The summed E-state index contributed by atoms with van der Waals surface area (Å²) in [4.78, 5) is 25.4. The van der Waals surface area contributed by atoms with Crippen LogP contribution in [0.5, 0.6) is 0 Å². The van der Waals surface area contributed by atoms with E-state index in [2.05, 4.69) is 4.40 Å². The fraction of sp³-hybridized carbons (Fsp3) is 0.0833. The Morgan fingerprint density at radius 2 is 1.67 bits per heavy atom. The highest BCUT2D eigenvalue weighted by Crippen LogP contribution is 2.28. The summed E-state index contributed by atoms with van der Waals surface area (Å²) in [6.45, 7) is 1.81. The molecule has 1 aliphatic rings. The molecule has 1 heterocycles. The Labute approximate surface area is 190 Å². The standard InChI is InChI=1S/C24H18N2O6S/c1-2-32-24(29)16-9-8-14-26(15-16)21-20(25-33(30,31)17-10-4-3-5-11-17)22(27)18-12-6-7-13-19(18)23(21)28/h3-15H,2H2,1H3. The molecule has 4 rings (SSSR count). The van der Waals surface area contributed by atoms with Gasteiger partial charge in [-0.25, -0.2) is 4.79 Å². The number of ether oxygens (including phenoxy) is 1. The molecule has 0 bridgehead atoms. The van der Waals surface area contributed by atoms with Crippen molar-refractivity contribution in [3.8, 4) is 0 Å². The second-order valence-electron chi connectivity index (χ2n) is 7.00. The summed E-state index contributed by atoms with van der Waals surface area (Å²) in [5, 5.41) is 13.4. The minimum atomic E-state index is -4.31. The SMILES string of the molecule is CCOC(=O)c1ccc[n+](C2=C([O-])c3ccccc3C(=O)C2=NS(=O)(=O)c2ccccc2)c1. The largest absolute Gasteiger partial charge is 0.867 e. The van der Waals surface area contributed by atoms with Gasteiger partial charge in [0.2, 0.25) is 11.5 Å². The van der Waals surface area contributed by atoms with Gasteiger partial charge in [-0.2, -0.15) is 13.0 Å². The van der Waals surface area contributed by atoms with Crippen LogP contribution in [-0.4, -0.2) is 32.5 Å². The molecule has 9 heteroatoms. The van der Waals surface area contributed by atoms with E-state index in [1.807, 2.05) is 0 Å². The first-order chi connectivity index (χ1) is 15.8. The number of carbonyl (C=O) groups excluding carboxylic acids is 2. The molecule has 33 heavy (non-hydrogen) atoms. The summed E-state index contributed by atoms with van der Waals surface area (Å²) in [6, 6.07) is 16.5. The number of hydrogen-bond donors (Lipinski definition) is 0. The van der Waals surface area contributed by atoms with Gasteiger partial charge in [-0.3, -0.25) is 4.79 Å². The van der Waals surface area contributed by atoms with Crippen LogP contribution in [0.2, 0.25) is 0 Å². The molecule has 1 aliphatic carbocycles. The molecule has 166 valence electrons. The lowest BCUT2D eigenvalue weighted by Crippen LogP contribution is -2.44. The number of hydrogen-bond acceptors (Lipinski definition) is 6. The maximum atomic E-state index is 13.4. The second kappa shape index (κ2) is 8.79. The lowest BCUT2D eigenvalue weighted by atomic mass is 9.91. The van der Waals surface area contributed by atoms with Crippen LogP contribution in [0.25, 0.3) is 11.5 Å². The zero-order valence-corrected chi connectivity index (χ0v) is 18.3. The Bertz CT molecular complexity index is 1430. The highest BCUT2D eigenvalue weighted by atomic mass is 32.2. The van der Waals surface area contributed by atoms with Crippen LogP contribution in [-0.2, 0) is 14.8 Å². The van der Waals surface area contributed by atoms with Crippen LogP contribution in [0.3, 0.4) is 0 Å². The van der Waals surface area contributed by atoms with E-state index < -0.39 is 33.2 Å². The first-order valence-corrected chi connectivity index (χ1v) is 11.4. The van der Waals surface area contributed by atoms with Crippen molar-refractivity contribution < 1.29 is 32.4 Å². The lowest BCUT2D eigenvalue weighted by Gasteiger charge is -2.23. The Hall–Kier alpha value is -4.11. The van der Waals surface area contributed by atoms with Crippen LogP contribution in [0.1, 0.15) is 33.2 Å². The highest BCUT2D eigenvalue weighted by Gasteiger charge is 2.35. The van der Waals surface area contributed by atoms with Gasteiger partial charge in [0, 0.05) is 11.6 Å². The third-order valence-electron chi connectivity index (χ3n) is 4.89. The van der Waals surface area contributed by atoms with Crippen molar-refractivity contribution in [3.63, 3.8) is 0 Å². The Kier molecular flexibility index (Phi) is 5.89. The Balaban J connectivity index is 1.96. The smallest absolute Gasteiger partial charge is 0.344 e. The van der Waals surface area contributed by atoms with E-state index in [1.165, 1.54) is 65.5 Å². The van der Waals surface area contributed by atoms with E-state index in [0.29, 0.717) is 0 Å². The molecule has 0 radical (unpaired) electrons. The number of rotatable bonds is 5. The summed E-state index contributed by atoms with van der Waals surface area (Å²) < 4.78 is 35.9. The molecule has 0 atom stereocenters. The predicted octanol–water partition coefficient (Wildman–Crippen LogP) is 1.86. The second-order valence-corrected chi connectivity index (χ2v) is 8.60. The number of benzene rings is 2. The van der Waals surface area contributed by atoms with E-state index in [1.54, 1.807) is 25.1 Å². The van der Waals surface area contributed by atoms with E-state index >= 15 is 0 Å². The van der Waals surface area contributed by atoms with Gasteiger partial charge in [-0.1, -0.05) is 42.5 Å². The topological polar surface area (TPSA) is 117 Å². The molecule has 3 aromatic rings. The van der Waals surface area contributed by atoms with Crippen LogP contribution in [0.15, 0.2) is 88.4 Å². The fourth-order valence-corrected chi connectivity index (χ4v) is 4.40. The summed E-state index contributed by atoms with van der Waals surface area (Å²) in [5.41, 5.74) is -0.521. The monoisotopic (exact) mass is 462 g/mol. The molecule has 1 aromatic heterocycles. The molecule has 0 fully saturated rings. The number of aromatic nitrogens is 1. The Morgan fingerprint density at radius 3 is 2.36 bits per heavy atom. The zero-order chi connectivity index (χ0) is 23.6. The first kappa shape index (κ1) is 22.1. The molecular weight excluding hydrogens is 444 g/mol. The van der Waals surface area contributed by atoms with Crippen molar-refractivity contribution >= 4 is 38.9 Å². The van der Waals surface area contributed by atoms with Gasteiger partial charge < -0.3 is 9.84 Å². The van der Waals surface area contributed by atoms with E-state index in [0.717, 1.165) is 0 Å². The molecule has 0 aliphatic heterocycles. The number of fused-ring (bicyclic) bond motifs is 1. The Morgan fingerprint density at radius 1 is 1.00 bits per heavy atom. The van der Waals surface area contributed by atoms with Crippen molar-refractivity contribution in [1.29, 1.82) is 0 Å². The van der Waals surface area contributed by atoms with Gasteiger partial charge in [0.05, 0.1) is 11.5 Å². The number of sulfonamides is 1. The van der Waals surface area contributed by atoms with Crippen molar-refractivity contribution in [2.24, 2.45) is 4.40 Å². The number of nitrogens with zero attached hydrogens (tertiary/aromatic N) is 2. The predicted molar refractivity (Wildman–Crippen MR) is 118 cm³/mol. The average molecular weight is 462 g/mol. The maximum absolute atomic E-state index is 13.4. The van der Waals surface area contributed by atoms with Gasteiger partial charge in [0.1, 0.15) is 5.56 Å². The van der Waals surface area contributed by atoms with Gasteiger partial charge in [0.15, 0.2) is 18.1 Å². The van der Waals surface area contributed by atoms with Crippen LogP contribution >= 0.6 is 0 Å². The fourth-order valence-electron chi connectivity index (χ4n) is 3.39. The number of carbonyl (C=O) groups is 2. The van der Waals surface area contributed by atoms with E-state index in [9.17, 15) is 23.1 Å². The van der Waals surface area contributed by atoms with Crippen LogP contribution < -0.4 is 9.67 Å². The van der Waals surface area contributed by atoms with E-state index in [-0.39, 0.29) is 33.9 Å². The minimum Gasteiger partial charge on any atom is -0.867 e.